The number of aromatic nitrogens is 2. The van der Waals surface area contributed by atoms with E-state index in [1.54, 1.807) is 10.9 Å². The van der Waals surface area contributed by atoms with Gasteiger partial charge in [-0.2, -0.15) is 5.10 Å². The largest absolute Gasteiger partial charge is 0.341 e. The third kappa shape index (κ3) is 2.89. The minimum absolute atomic E-state index is 0.174. The van der Waals surface area contributed by atoms with Crippen molar-refractivity contribution in [1.29, 1.82) is 0 Å². The van der Waals surface area contributed by atoms with Crippen molar-refractivity contribution in [3.8, 4) is 0 Å². The van der Waals surface area contributed by atoms with Gasteiger partial charge in [0.25, 0.3) is 0 Å². The van der Waals surface area contributed by atoms with Gasteiger partial charge < -0.3 is 4.90 Å². The molecule has 17 heavy (non-hydrogen) atoms. The lowest BCUT2D eigenvalue weighted by molar-refractivity contribution is -0.135. The summed E-state index contributed by atoms with van der Waals surface area (Å²) >= 11 is 3.35. The van der Waals surface area contributed by atoms with Gasteiger partial charge in [-0.05, 0) is 41.6 Å². The topological polar surface area (TPSA) is 38.1 Å². The Balaban J connectivity index is 2.00. The van der Waals surface area contributed by atoms with Gasteiger partial charge in [0.05, 0.1) is 10.7 Å². The molecule has 2 heterocycles. The number of rotatable bonds is 2. The van der Waals surface area contributed by atoms with E-state index in [4.69, 9.17) is 0 Å². The van der Waals surface area contributed by atoms with Crippen LogP contribution in [0, 0.1) is 5.92 Å². The molecule has 1 atom stereocenters. The summed E-state index contributed by atoms with van der Waals surface area (Å²) in [5.41, 5.74) is 0. The van der Waals surface area contributed by atoms with E-state index < -0.39 is 0 Å². The quantitative estimate of drug-likeness (QED) is 0.841. The van der Waals surface area contributed by atoms with Crippen LogP contribution in [0.3, 0.4) is 0 Å². The molecule has 1 amide bonds. The van der Waals surface area contributed by atoms with Crippen LogP contribution >= 0.6 is 15.9 Å². The Morgan fingerprint density at radius 2 is 2.18 bits per heavy atom. The maximum Gasteiger partial charge on any atom is 0.247 e. The summed E-state index contributed by atoms with van der Waals surface area (Å²) in [6.45, 7) is 5.91. The SMILES string of the molecule is CC1CCN(C(=O)[C@H](C)n2cc(Br)cn2)CC1. The minimum Gasteiger partial charge on any atom is -0.341 e. The standard InChI is InChI=1S/C12H18BrN3O/c1-9-3-5-15(6-4-9)12(17)10(2)16-8-11(13)7-14-16/h7-10H,3-6H2,1-2H3/t10-/m0/s1. The monoisotopic (exact) mass is 299 g/mol. The minimum atomic E-state index is -0.213. The first-order chi connectivity index (χ1) is 8.08. The third-order valence-corrected chi connectivity index (χ3v) is 3.83. The van der Waals surface area contributed by atoms with Gasteiger partial charge >= 0.3 is 0 Å². The molecule has 0 aliphatic carbocycles. The van der Waals surface area contributed by atoms with Crippen molar-refractivity contribution in [2.45, 2.75) is 32.7 Å². The van der Waals surface area contributed by atoms with Crippen LogP contribution in [0.5, 0.6) is 0 Å². The van der Waals surface area contributed by atoms with Gasteiger partial charge in [-0.25, -0.2) is 0 Å². The van der Waals surface area contributed by atoms with Crippen molar-refractivity contribution in [1.82, 2.24) is 14.7 Å². The van der Waals surface area contributed by atoms with Gasteiger partial charge in [-0.15, -0.1) is 0 Å². The molecule has 1 fully saturated rings. The number of hydrogen-bond donors (Lipinski definition) is 0. The van der Waals surface area contributed by atoms with Crippen LogP contribution in [-0.4, -0.2) is 33.7 Å². The van der Waals surface area contributed by atoms with Gasteiger partial charge in [-0.1, -0.05) is 6.92 Å². The molecule has 0 radical (unpaired) electrons. The van der Waals surface area contributed by atoms with Crippen LogP contribution in [0.25, 0.3) is 0 Å². The van der Waals surface area contributed by atoms with Crippen molar-refractivity contribution >= 4 is 21.8 Å². The lowest BCUT2D eigenvalue weighted by Crippen LogP contribution is -2.41. The van der Waals surface area contributed by atoms with Crippen molar-refractivity contribution in [2.24, 2.45) is 5.92 Å². The molecule has 5 heteroatoms. The highest BCUT2D eigenvalue weighted by atomic mass is 79.9. The van der Waals surface area contributed by atoms with E-state index in [-0.39, 0.29) is 11.9 Å². The second kappa shape index (κ2) is 5.21. The molecule has 0 N–H and O–H groups in total. The highest BCUT2D eigenvalue weighted by molar-refractivity contribution is 9.10. The van der Waals surface area contributed by atoms with Gasteiger partial charge in [0.2, 0.25) is 5.91 Å². The fourth-order valence-corrected chi connectivity index (χ4v) is 2.43. The Morgan fingerprint density at radius 3 is 2.71 bits per heavy atom. The number of halogens is 1. The Morgan fingerprint density at radius 1 is 1.53 bits per heavy atom. The summed E-state index contributed by atoms with van der Waals surface area (Å²) in [7, 11) is 0. The molecule has 2 rings (SSSR count). The van der Waals surface area contributed by atoms with E-state index in [2.05, 4.69) is 28.0 Å². The molecule has 1 aromatic rings. The number of hydrogen-bond acceptors (Lipinski definition) is 2. The summed E-state index contributed by atoms with van der Waals surface area (Å²) in [5.74, 6) is 0.917. The summed E-state index contributed by atoms with van der Waals surface area (Å²) in [4.78, 5) is 14.2. The number of piperidine rings is 1. The molecular weight excluding hydrogens is 282 g/mol. The highest BCUT2D eigenvalue weighted by Crippen LogP contribution is 2.20. The second-order valence-electron chi connectivity index (χ2n) is 4.82. The summed E-state index contributed by atoms with van der Waals surface area (Å²) < 4.78 is 2.62. The molecule has 1 saturated heterocycles. The van der Waals surface area contributed by atoms with Crippen LogP contribution in [0.4, 0.5) is 0 Å². The lowest BCUT2D eigenvalue weighted by atomic mass is 9.99. The summed E-state index contributed by atoms with van der Waals surface area (Å²) in [5, 5.41) is 4.17. The first-order valence-corrected chi connectivity index (χ1v) is 6.85. The average molecular weight is 300 g/mol. The molecule has 1 aliphatic rings. The van der Waals surface area contributed by atoms with Crippen LogP contribution in [-0.2, 0) is 4.79 Å². The second-order valence-corrected chi connectivity index (χ2v) is 5.74. The average Bonchev–Trinajstić information content (AvgIpc) is 2.75. The molecular formula is C12H18BrN3O. The molecule has 0 saturated carbocycles. The molecule has 0 bridgehead atoms. The third-order valence-electron chi connectivity index (χ3n) is 3.42. The molecule has 94 valence electrons. The Labute approximate surface area is 110 Å². The number of carbonyl (C=O) groups is 1. The zero-order valence-electron chi connectivity index (χ0n) is 10.3. The summed E-state index contributed by atoms with van der Waals surface area (Å²) in [6, 6.07) is -0.213. The van der Waals surface area contributed by atoms with E-state index in [1.807, 2.05) is 18.0 Å². The van der Waals surface area contributed by atoms with Crippen LogP contribution < -0.4 is 0 Å². The highest BCUT2D eigenvalue weighted by Gasteiger charge is 2.25. The number of nitrogens with zero attached hydrogens (tertiary/aromatic N) is 3. The fourth-order valence-electron chi connectivity index (χ4n) is 2.13. The van der Waals surface area contributed by atoms with Crippen molar-refractivity contribution < 1.29 is 4.79 Å². The van der Waals surface area contributed by atoms with Crippen LogP contribution in [0.1, 0.15) is 32.7 Å². The van der Waals surface area contributed by atoms with E-state index >= 15 is 0 Å². The van der Waals surface area contributed by atoms with E-state index in [0.29, 0.717) is 0 Å². The maximum atomic E-state index is 12.3. The smallest absolute Gasteiger partial charge is 0.247 e. The van der Waals surface area contributed by atoms with E-state index in [0.717, 1.165) is 36.3 Å². The normalized spacial score (nSPS) is 19.4. The zero-order chi connectivity index (χ0) is 12.4. The number of likely N-dealkylation sites (tertiary alicyclic amines) is 1. The van der Waals surface area contributed by atoms with Crippen molar-refractivity contribution in [3.05, 3.63) is 16.9 Å². The first-order valence-electron chi connectivity index (χ1n) is 6.06. The Bertz CT molecular complexity index is 396. The van der Waals surface area contributed by atoms with Crippen molar-refractivity contribution in [3.63, 3.8) is 0 Å². The number of carbonyl (C=O) groups excluding carboxylic acids is 1. The molecule has 0 unspecified atom stereocenters. The lowest BCUT2D eigenvalue weighted by Gasteiger charge is -2.32. The zero-order valence-corrected chi connectivity index (χ0v) is 11.9. The van der Waals surface area contributed by atoms with Crippen LogP contribution in [0.2, 0.25) is 0 Å². The molecule has 4 nitrogen and oxygen atoms in total. The Kier molecular flexibility index (Phi) is 3.86. The maximum absolute atomic E-state index is 12.3. The Hall–Kier alpha value is -0.840. The first kappa shape index (κ1) is 12.6. The summed E-state index contributed by atoms with van der Waals surface area (Å²) in [6.07, 6.45) is 5.78. The van der Waals surface area contributed by atoms with Crippen LogP contribution in [0.15, 0.2) is 16.9 Å². The van der Waals surface area contributed by atoms with Gasteiger partial charge in [0.15, 0.2) is 0 Å². The molecule has 0 spiro atoms. The predicted molar refractivity (Wildman–Crippen MR) is 69.6 cm³/mol. The van der Waals surface area contributed by atoms with E-state index in [9.17, 15) is 4.79 Å². The molecule has 1 aliphatic heterocycles. The number of amides is 1. The van der Waals surface area contributed by atoms with E-state index in [1.165, 1.54) is 0 Å². The molecule has 0 aromatic carbocycles. The molecule has 1 aromatic heterocycles. The van der Waals surface area contributed by atoms with Gasteiger partial charge in [0, 0.05) is 19.3 Å². The van der Waals surface area contributed by atoms with Gasteiger partial charge in [-0.3, -0.25) is 9.48 Å². The van der Waals surface area contributed by atoms with Crippen molar-refractivity contribution in [2.75, 3.05) is 13.1 Å². The predicted octanol–water partition coefficient (Wildman–Crippen LogP) is 2.47. The fraction of sp³-hybridized carbons (Fsp3) is 0.667. The van der Waals surface area contributed by atoms with Gasteiger partial charge in [0.1, 0.15) is 6.04 Å².